The Bertz CT molecular complexity index is 723. The van der Waals surface area contributed by atoms with E-state index in [0.29, 0.717) is 22.0 Å². The first-order valence-electron chi connectivity index (χ1n) is 5.57. The zero-order valence-electron chi connectivity index (χ0n) is 10.2. The van der Waals surface area contributed by atoms with Crippen LogP contribution in [-0.2, 0) is 0 Å². The standard InChI is InChI=1S/C14H9Cl2N3O/c15-11-4-2-9(18)6-10(11)14(20)19-13-5-8(7-17)1-3-12(13)16/h1-6H,18H2,(H,19,20). The Balaban J connectivity index is 2.33. The number of anilines is 2. The number of nitriles is 1. The monoisotopic (exact) mass is 305 g/mol. The van der Waals surface area contributed by atoms with Crippen molar-refractivity contribution in [3.8, 4) is 6.07 Å². The van der Waals surface area contributed by atoms with E-state index in [0.717, 1.165) is 0 Å². The quantitative estimate of drug-likeness (QED) is 0.830. The molecule has 0 fully saturated rings. The summed E-state index contributed by atoms with van der Waals surface area (Å²) in [5.74, 6) is -0.445. The highest BCUT2D eigenvalue weighted by atomic mass is 35.5. The van der Waals surface area contributed by atoms with Gasteiger partial charge in [-0.05, 0) is 36.4 Å². The van der Waals surface area contributed by atoms with Crippen LogP contribution in [0.25, 0.3) is 0 Å². The normalized spacial score (nSPS) is 9.85. The van der Waals surface area contributed by atoms with Crippen LogP contribution in [-0.4, -0.2) is 5.91 Å². The average Bonchev–Trinajstić information content (AvgIpc) is 2.43. The minimum absolute atomic E-state index is 0.241. The van der Waals surface area contributed by atoms with Crippen molar-refractivity contribution >= 4 is 40.5 Å². The predicted octanol–water partition coefficient (Wildman–Crippen LogP) is 3.70. The molecule has 0 spiro atoms. The van der Waals surface area contributed by atoms with E-state index in [1.165, 1.54) is 18.2 Å². The lowest BCUT2D eigenvalue weighted by molar-refractivity contribution is 0.102. The molecule has 0 heterocycles. The second kappa shape index (κ2) is 5.83. The fraction of sp³-hybridized carbons (Fsp3) is 0. The summed E-state index contributed by atoms with van der Waals surface area (Å²) < 4.78 is 0. The summed E-state index contributed by atoms with van der Waals surface area (Å²) in [4.78, 5) is 12.1. The van der Waals surface area contributed by atoms with Crippen LogP contribution in [0, 0.1) is 11.3 Å². The van der Waals surface area contributed by atoms with Gasteiger partial charge in [-0.1, -0.05) is 23.2 Å². The largest absolute Gasteiger partial charge is 0.399 e. The van der Waals surface area contributed by atoms with E-state index < -0.39 is 5.91 Å². The van der Waals surface area contributed by atoms with Crippen molar-refractivity contribution < 1.29 is 4.79 Å². The lowest BCUT2D eigenvalue weighted by atomic mass is 10.1. The van der Waals surface area contributed by atoms with Gasteiger partial charge >= 0.3 is 0 Å². The lowest BCUT2D eigenvalue weighted by Gasteiger charge is -2.09. The Morgan fingerprint density at radius 3 is 2.55 bits per heavy atom. The minimum Gasteiger partial charge on any atom is -0.399 e. The molecule has 6 heteroatoms. The van der Waals surface area contributed by atoms with Crippen LogP contribution in [0.3, 0.4) is 0 Å². The number of benzene rings is 2. The molecule has 0 aliphatic carbocycles. The van der Waals surface area contributed by atoms with Crippen LogP contribution in [0.5, 0.6) is 0 Å². The number of nitrogens with one attached hydrogen (secondary N) is 1. The molecular formula is C14H9Cl2N3O. The van der Waals surface area contributed by atoms with Crippen molar-refractivity contribution in [2.75, 3.05) is 11.1 Å². The maximum atomic E-state index is 12.1. The van der Waals surface area contributed by atoms with Crippen molar-refractivity contribution in [1.82, 2.24) is 0 Å². The van der Waals surface area contributed by atoms with Crippen molar-refractivity contribution in [2.24, 2.45) is 0 Å². The van der Waals surface area contributed by atoms with Crippen molar-refractivity contribution in [2.45, 2.75) is 0 Å². The number of hydrogen-bond acceptors (Lipinski definition) is 3. The first kappa shape index (κ1) is 14.2. The highest BCUT2D eigenvalue weighted by molar-refractivity contribution is 6.36. The van der Waals surface area contributed by atoms with E-state index in [2.05, 4.69) is 5.32 Å². The van der Waals surface area contributed by atoms with Crippen molar-refractivity contribution in [1.29, 1.82) is 5.26 Å². The summed E-state index contributed by atoms with van der Waals surface area (Å²) in [5, 5.41) is 12.1. The van der Waals surface area contributed by atoms with Crippen molar-refractivity contribution in [3.63, 3.8) is 0 Å². The van der Waals surface area contributed by atoms with Gasteiger partial charge in [-0.25, -0.2) is 0 Å². The van der Waals surface area contributed by atoms with E-state index in [9.17, 15) is 4.79 Å². The first-order chi connectivity index (χ1) is 9.51. The molecule has 0 atom stereocenters. The molecule has 0 radical (unpaired) electrons. The molecule has 0 aromatic heterocycles. The molecule has 4 nitrogen and oxygen atoms in total. The Hall–Kier alpha value is -2.22. The molecule has 0 aliphatic rings. The van der Waals surface area contributed by atoms with Gasteiger partial charge in [0.1, 0.15) is 0 Å². The maximum Gasteiger partial charge on any atom is 0.257 e. The Morgan fingerprint density at radius 2 is 1.85 bits per heavy atom. The minimum atomic E-state index is -0.445. The third-order valence-corrected chi connectivity index (χ3v) is 3.24. The second-order valence-electron chi connectivity index (χ2n) is 4.00. The van der Waals surface area contributed by atoms with E-state index in [1.54, 1.807) is 18.2 Å². The zero-order chi connectivity index (χ0) is 14.7. The summed E-state index contributed by atoms with van der Waals surface area (Å²) in [6.45, 7) is 0. The topological polar surface area (TPSA) is 78.9 Å². The third-order valence-electron chi connectivity index (χ3n) is 2.58. The molecule has 3 N–H and O–H groups in total. The predicted molar refractivity (Wildman–Crippen MR) is 80.0 cm³/mol. The maximum absolute atomic E-state index is 12.1. The number of rotatable bonds is 2. The van der Waals surface area contributed by atoms with Gasteiger partial charge in [0.25, 0.3) is 5.91 Å². The van der Waals surface area contributed by atoms with Crippen LogP contribution < -0.4 is 11.1 Å². The van der Waals surface area contributed by atoms with Gasteiger partial charge in [-0.3, -0.25) is 4.79 Å². The summed E-state index contributed by atoms with van der Waals surface area (Å²) in [6, 6.07) is 11.2. The van der Waals surface area contributed by atoms with Gasteiger partial charge < -0.3 is 11.1 Å². The van der Waals surface area contributed by atoms with Crippen LogP contribution in [0.4, 0.5) is 11.4 Å². The smallest absolute Gasteiger partial charge is 0.257 e. The van der Waals surface area contributed by atoms with Crippen LogP contribution in [0.15, 0.2) is 36.4 Å². The molecule has 0 saturated heterocycles. The molecule has 0 saturated carbocycles. The number of amides is 1. The number of halogens is 2. The average molecular weight is 306 g/mol. The summed E-state index contributed by atoms with van der Waals surface area (Å²) in [7, 11) is 0. The Labute approximate surface area is 125 Å². The lowest BCUT2D eigenvalue weighted by Crippen LogP contribution is -2.13. The Morgan fingerprint density at radius 1 is 1.15 bits per heavy atom. The van der Waals surface area contributed by atoms with Crippen LogP contribution in [0.1, 0.15) is 15.9 Å². The number of hydrogen-bond donors (Lipinski definition) is 2. The van der Waals surface area contributed by atoms with Gasteiger partial charge in [0.15, 0.2) is 0 Å². The molecule has 0 aliphatic heterocycles. The van der Waals surface area contributed by atoms with E-state index in [1.807, 2.05) is 6.07 Å². The second-order valence-corrected chi connectivity index (χ2v) is 4.81. The molecule has 2 aromatic rings. The summed E-state index contributed by atoms with van der Waals surface area (Å²) >= 11 is 11.9. The number of carbonyl (C=O) groups excluding carboxylic acids is 1. The Kier molecular flexibility index (Phi) is 4.14. The fourth-order valence-electron chi connectivity index (χ4n) is 1.60. The van der Waals surface area contributed by atoms with Gasteiger partial charge in [-0.15, -0.1) is 0 Å². The van der Waals surface area contributed by atoms with Gasteiger partial charge in [-0.2, -0.15) is 5.26 Å². The third kappa shape index (κ3) is 3.02. The van der Waals surface area contributed by atoms with E-state index in [4.69, 9.17) is 34.2 Å². The summed E-state index contributed by atoms with van der Waals surface area (Å²) in [5.41, 5.74) is 7.03. The van der Waals surface area contributed by atoms with E-state index >= 15 is 0 Å². The molecule has 2 rings (SSSR count). The fourth-order valence-corrected chi connectivity index (χ4v) is 1.97. The van der Waals surface area contributed by atoms with Gasteiger partial charge in [0.05, 0.1) is 32.9 Å². The van der Waals surface area contributed by atoms with Crippen LogP contribution in [0.2, 0.25) is 10.0 Å². The molecule has 100 valence electrons. The number of nitrogen functional groups attached to an aromatic ring is 1. The van der Waals surface area contributed by atoms with Gasteiger partial charge in [0, 0.05) is 5.69 Å². The van der Waals surface area contributed by atoms with E-state index in [-0.39, 0.29) is 10.6 Å². The first-order valence-corrected chi connectivity index (χ1v) is 6.33. The number of carbonyl (C=O) groups is 1. The number of nitrogens with two attached hydrogens (primary N) is 1. The van der Waals surface area contributed by atoms with Gasteiger partial charge in [0.2, 0.25) is 0 Å². The molecule has 0 unspecified atom stereocenters. The van der Waals surface area contributed by atoms with Crippen LogP contribution >= 0.6 is 23.2 Å². The SMILES string of the molecule is N#Cc1ccc(Cl)c(NC(=O)c2cc(N)ccc2Cl)c1. The molecule has 0 bridgehead atoms. The number of nitrogens with zero attached hydrogens (tertiary/aromatic N) is 1. The highest BCUT2D eigenvalue weighted by Gasteiger charge is 2.13. The summed E-state index contributed by atoms with van der Waals surface area (Å²) in [6.07, 6.45) is 0. The highest BCUT2D eigenvalue weighted by Crippen LogP contribution is 2.25. The molecule has 20 heavy (non-hydrogen) atoms. The van der Waals surface area contributed by atoms with Crippen molar-refractivity contribution in [3.05, 3.63) is 57.6 Å². The molecule has 1 amide bonds. The zero-order valence-corrected chi connectivity index (χ0v) is 11.7. The molecule has 2 aromatic carbocycles. The molecular weight excluding hydrogens is 297 g/mol.